The summed E-state index contributed by atoms with van der Waals surface area (Å²) in [4.78, 5) is 13.0. The Hall–Kier alpha value is -3.55. The van der Waals surface area contributed by atoms with Crippen molar-refractivity contribution in [2.45, 2.75) is 0 Å². The Morgan fingerprint density at radius 1 is 0.655 bits per heavy atom. The first-order chi connectivity index (χ1) is 14.0. The van der Waals surface area contributed by atoms with Crippen LogP contribution in [0.2, 0.25) is 0 Å². The van der Waals surface area contributed by atoms with Crippen LogP contribution in [-0.2, 0) is 0 Å². The number of rotatable bonds is 7. The molecule has 154 valence electrons. The normalized spacial score (nSPS) is 10.6. The summed E-state index contributed by atoms with van der Waals surface area (Å²) in [5, 5.41) is 0.236. The van der Waals surface area contributed by atoms with Crippen molar-refractivity contribution < 1.29 is 32.8 Å². The van der Waals surface area contributed by atoms with E-state index in [-0.39, 0.29) is 27.9 Å². The minimum atomic E-state index is -0.320. The van der Waals surface area contributed by atoms with Crippen LogP contribution >= 0.6 is 0 Å². The lowest BCUT2D eigenvalue weighted by molar-refractivity contribution is 0.348. The Bertz CT molecular complexity index is 1080. The summed E-state index contributed by atoms with van der Waals surface area (Å²) in [7, 11) is 8.95. The molecule has 0 bridgehead atoms. The lowest BCUT2D eigenvalue weighted by Gasteiger charge is -2.16. The van der Waals surface area contributed by atoms with E-state index < -0.39 is 0 Å². The summed E-state index contributed by atoms with van der Waals surface area (Å²) in [6.07, 6.45) is 0. The van der Waals surface area contributed by atoms with E-state index in [1.807, 2.05) is 0 Å². The SMILES string of the molecule is COc1cc(OC)c(-c2cc(=O)c3c(OC)cc(OC)c(OC)c3o2)c(OC)c1. The van der Waals surface area contributed by atoms with E-state index in [0.717, 1.165) is 0 Å². The first-order valence-corrected chi connectivity index (χ1v) is 8.60. The zero-order valence-electron chi connectivity index (χ0n) is 17.1. The van der Waals surface area contributed by atoms with Crippen molar-refractivity contribution in [3.05, 3.63) is 34.5 Å². The average molecular weight is 402 g/mol. The van der Waals surface area contributed by atoms with Gasteiger partial charge in [0.15, 0.2) is 16.8 Å². The van der Waals surface area contributed by atoms with Crippen molar-refractivity contribution >= 4 is 11.0 Å². The van der Waals surface area contributed by atoms with Crippen molar-refractivity contribution in [3.63, 3.8) is 0 Å². The summed E-state index contributed by atoms with van der Waals surface area (Å²) in [5.41, 5.74) is 0.323. The number of fused-ring (bicyclic) bond motifs is 1. The van der Waals surface area contributed by atoms with Crippen molar-refractivity contribution in [1.82, 2.24) is 0 Å². The van der Waals surface area contributed by atoms with Gasteiger partial charge in [0.2, 0.25) is 5.75 Å². The van der Waals surface area contributed by atoms with E-state index in [1.165, 1.54) is 48.7 Å². The van der Waals surface area contributed by atoms with Crippen LogP contribution in [0.4, 0.5) is 0 Å². The van der Waals surface area contributed by atoms with E-state index in [1.54, 1.807) is 18.2 Å². The fourth-order valence-corrected chi connectivity index (χ4v) is 3.13. The van der Waals surface area contributed by atoms with Gasteiger partial charge in [-0.1, -0.05) is 0 Å². The van der Waals surface area contributed by atoms with Gasteiger partial charge in [-0.05, 0) is 0 Å². The highest BCUT2D eigenvalue weighted by atomic mass is 16.5. The predicted octanol–water partition coefficient (Wildman–Crippen LogP) is 3.51. The molecule has 0 N–H and O–H groups in total. The van der Waals surface area contributed by atoms with Crippen molar-refractivity contribution in [3.8, 4) is 45.8 Å². The van der Waals surface area contributed by atoms with Gasteiger partial charge in [0, 0.05) is 24.3 Å². The molecule has 0 atom stereocenters. The minimum absolute atomic E-state index is 0.186. The molecule has 0 fully saturated rings. The fourth-order valence-electron chi connectivity index (χ4n) is 3.13. The third-order valence-electron chi connectivity index (χ3n) is 4.49. The molecule has 0 unspecified atom stereocenters. The summed E-state index contributed by atoms with van der Waals surface area (Å²) >= 11 is 0. The number of hydrogen-bond donors (Lipinski definition) is 0. The molecule has 2 aromatic carbocycles. The molecule has 0 amide bonds. The molecule has 29 heavy (non-hydrogen) atoms. The van der Waals surface area contributed by atoms with Crippen LogP contribution in [0.25, 0.3) is 22.3 Å². The standard InChI is InChI=1S/C21H22O8/c1-23-11-7-13(24-2)19(14(8-11)25-3)16-9-12(22)18-15(26-4)10-17(27-5)20(28-6)21(18)29-16/h7-10H,1-6H3. The molecule has 1 aromatic heterocycles. The van der Waals surface area contributed by atoms with E-state index in [2.05, 4.69) is 0 Å². The van der Waals surface area contributed by atoms with Crippen LogP contribution in [0.1, 0.15) is 0 Å². The first-order valence-electron chi connectivity index (χ1n) is 8.60. The smallest absolute Gasteiger partial charge is 0.205 e. The molecule has 0 radical (unpaired) electrons. The van der Waals surface area contributed by atoms with Gasteiger partial charge in [0.1, 0.15) is 39.7 Å². The molecule has 0 saturated heterocycles. The lowest BCUT2D eigenvalue weighted by atomic mass is 10.1. The van der Waals surface area contributed by atoms with E-state index in [4.69, 9.17) is 32.8 Å². The highest BCUT2D eigenvalue weighted by molar-refractivity contribution is 5.92. The second kappa shape index (κ2) is 8.22. The van der Waals surface area contributed by atoms with E-state index in [0.29, 0.717) is 34.3 Å². The van der Waals surface area contributed by atoms with E-state index in [9.17, 15) is 4.79 Å². The van der Waals surface area contributed by atoms with Gasteiger partial charge >= 0.3 is 0 Å². The van der Waals surface area contributed by atoms with Crippen LogP contribution in [0.3, 0.4) is 0 Å². The van der Waals surface area contributed by atoms with Crippen LogP contribution in [0, 0.1) is 0 Å². The largest absolute Gasteiger partial charge is 0.496 e. The predicted molar refractivity (Wildman–Crippen MR) is 107 cm³/mol. The maximum atomic E-state index is 13.0. The maximum absolute atomic E-state index is 13.0. The van der Waals surface area contributed by atoms with Gasteiger partial charge in [-0.25, -0.2) is 0 Å². The quantitative estimate of drug-likeness (QED) is 0.594. The summed E-state index contributed by atoms with van der Waals surface area (Å²) in [6.45, 7) is 0. The Morgan fingerprint density at radius 2 is 1.24 bits per heavy atom. The van der Waals surface area contributed by atoms with Crippen molar-refractivity contribution in [1.29, 1.82) is 0 Å². The highest BCUT2D eigenvalue weighted by Crippen LogP contribution is 2.45. The zero-order chi connectivity index (χ0) is 21.1. The Kier molecular flexibility index (Phi) is 5.72. The van der Waals surface area contributed by atoms with Gasteiger partial charge in [-0.2, -0.15) is 0 Å². The Morgan fingerprint density at radius 3 is 1.72 bits per heavy atom. The van der Waals surface area contributed by atoms with Crippen molar-refractivity contribution in [2.24, 2.45) is 0 Å². The fraction of sp³-hybridized carbons (Fsp3) is 0.286. The monoisotopic (exact) mass is 402 g/mol. The Balaban J connectivity index is 2.43. The van der Waals surface area contributed by atoms with Crippen LogP contribution in [0.15, 0.2) is 33.5 Å². The molecule has 3 aromatic rings. The molecule has 1 heterocycles. The molecule has 0 saturated carbocycles. The topological polar surface area (TPSA) is 85.6 Å². The average Bonchev–Trinajstić information content (AvgIpc) is 2.76. The highest BCUT2D eigenvalue weighted by Gasteiger charge is 2.24. The van der Waals surface area contributed by atoms with Crippen molar-refractivity contribution in [2.75, 3.05) is 42.7 Å². The zero-order valence-corrected chi connectivity index (χ0v) is 17.1. The Labute approximate surface area is 167 Å². The lowest BCUT2D eigenvalue weighted by Crippen LogP contribution is -2.06. The summed E-state index contributed by atoms with van der Waals surface area (Å²) in [5.74, 6) is 2.54. The van der Waals surface area contributed by atoms with Gasteiger partial charge in [-0.3, -0.25) is 4.79 Å². The van der Waals surface area contributed by atoms with Crippen LogP contribution < -0.4 is 33.8 Å². The molecule has 0 spiro atoms. The molecule has 3 rings (SSSR count). The third kappa shape index (κ3) is 3.37. The summed E-state index contributed by atoms with van der Waals surface area (Å²) in [6, 6.07) is 6.27. The van der Waals surface area contributed by atoms with Crippen LogP contribution in [-0.4, -0.2) is 42.7 Å². The van der Waals surface area contributed by atoms with Gasteiger partial charge in [-0.15, -0.1) is 0 Å². The number of benzene rings is 2. The third-order valence-corrected chi connectivity index (χ3v) is 4.49. The second-order valence-electron chi connectivity index (χ2n) is 5.90. The molecular formula is C21H22O8. The van der Waals surface area contributed by atoms with Gasteiger partial charge < -0.3 is 32.8 Å². The van der Waals surface area contributed by atoms with E-state index >= 15 is 0 Å². The molecule has 8 heteroatoms. The molecular weight excluding hydrogens is 380 g/mol. The van der Waals surface area contributed by atoms with Gasteiger partial charge in [0.05, 0.1) is 42.7 Å². The number of methoxy groups -OCH3 is 6. The van der Waals surface area contributed by atoms with Gasteiger partial charge in [0.25, 0.3) is 0 Å². The molecule has 0 aliphatic carbocycles. The maximum Gasteiger partial charge on any atom is 0.205 e. The first kappa shape index (κ1) is 20.2. The molecule has 0 aliphatic heterocycles. The molecule has 8 nitrogen and oxygen atoms in total. The minimum Gasteiger partial charge on any atom is -0.496 e. The summed E-state index contributed by atoms with van der Waals surface area (Å²) < 4.78 is 38.5. The second-order valence-corrected chi connectivity index (χ2v) is 5.90. The number of hydrogen-bond acceptors (Lipinski definition) is 8. The number of ether oxygens (including phenoxy) is 6. The molecule has 0 aliphatic rings. The van der Waals surface area contributed by atoms with Crippen LogP contribution in [0.5, 0.6) is 34.5 Å².